The number of benzene rings is 2. The third kappa shape index (κ3) is 2.96. The summed E-state index contributed by atoms with van der Waals surface area (Å²) in [6.45, 7) is 2.38. The quantitative estimate of drug-likeness (QED) is 0.783. The van der Waals surface area contributed by atoms with Crippen molar-refractivity contribution in [2.45, 2.75) is 6.92 Å². The van der Waals surface area contributed by atoms with Crippen LogP contribution < -0.4 is 9.47 Å². The largest absolute Gasteiger partial charge is 0.496 e. The molecule has 0 heterocycles. The van der Waals surface area contributed by atoms with Crippen molar-refractivity contribution in [3.8, 4) is 11.5 Å². The summed E-state index contributed by atoms with van der Waals surface area (Å²) >= 11 is 0. The molecule has 0 atom stereocenters. The number of hydrogen-bond acceptors (Lipinski definition) is 3. The van der Waals surface area contributed by atoms with E-state index in [-0.39, 0.29) is 11.3 Å². The maximum atomic E-state index is 13.3. The molecule has 0 radical (unpaired) electrons. The van der Waals surface area contributed by atoms with Crippen molar-refractivity contribution in [2.24, 2.45) is 0 Å². The van der Waals surface area contributed by atoms with Gasteiger partial charge in [0.05, 0.1) is 19.3 Å². The maximum absolute atomic E-state index is 13.3. The highest BCUT2D eigenvalue weighted by molar-refractivity contribution is 6.10. The second-order valence-electron chi connectivity index (χ2n) is 4.13. The molecule has 0 amide bonds. The Morgan fingerprint density at radius 1 is 1.20 bits per heavy atom. The van der Waals surface area contributed by atoms with Gasteiger partial charge in [0.15, 0.2) is 5.78 Å². The third-order valence-corrected chi connectivity index (χ3v) is 2.81. The summed E-state index contributed by atoms with van der Waals surface area (Å²) in [7, 11) is 1.45. The molecule has 0 saturated heterocycles. The molecule has 104 valence electrons. The smallest absolute Gasteiger partial charge is 0.196 e. The predicted octanol–water partition coefficient (Wildman–Crippen LogP) is 3.46. The minimum absolute atomic E-state index is 0.196. The van der Waals surface area contributed by atoms with Gasteiger partial charge < -0.3 is 9.47 Å². The predicted molar refractivity (Wildman–Crippen MR) is 74.0 cm³/mol. The Morgan fingerprint density at radius 3 is 2.70 bits per heavy atom. The van der Waals surface area contributed by atoms with E-state index in [9.17, 15) is 9.18 Å². The van der Waals surface area contributed by atoms with Crippen LogP contribution in [0.4, 0.5) is 4.39 Å². The lowest BCUT2D eigenvalue weighted by molar-refractivity contribution is 0.103. The number of ether oxygens (including phenoxy) is 2. The molecular weight excluding hydrogens is 259 g/mol. The highest BCUT2D eigenvalue weighted by Crippen LogP contribution is 2.24. The van der Waals surface area contributed by atoms with Crippen molar-refractivity contribution >= 4 is 5.78 Å². The maximum Gasteiger partial charge on any atom is 0.196 e. The Hall–Kier alpha value is -2.36. The zero-order valence-electron chi connectivity index (χ0n) is 11.4. The lowest BCUT2D eigenvalue weighted by Gasteiger charge is -2.09. The number of hydrogen-bond donors (Lipinski definition) is 0. The molecule has 0 bridgehead atoms. The van der Waals surface area contributed by atoms with Crippen LogP contribution >= 0.6 is 0 Å². The monoisotopic (exact) mass is 274 g/mol. The molecule has 0 aliphatic heterocycles. The highest BCUT2D eigenvalue weighted by Gasteiger charge is 2.16. The summed E-state index contributed by atoms with van der Waals surface area (Å²) < 4.78 is 23.8. The van der Waals surface area contributed by atoms with Gasteiger partial charge in [-0.1, -0.05) is 12.1 Å². The van der Waals surface area contributed by atoms with E-state index in [4.69, 9.17) is 9.47 Å². The van der Waals surface area contributed by atoms with Crippen LogP contribution in [0, 0.1) is 5.82 Å². The molecule has 20 heavy (non-hydrogen) atoms. The molecule has 0 unspecified atom stereocenters. The summed E-state index contributed by atoms with van der Waals surface area (Å²) in [5.74, 6) is 0.171. The van der Waals surface area contributed by atoms with Gasteiger partial charge in [-0.2, -0.15) is 0 Å². The second kappa shape index (κ2) is 6.19. The van der Waals surface area contributed by atoms with Crippen LogP contribution in [0.3, 0.4) is 0 Å². The number of rotatable bonds is 5. The lowest BCUT2D eigenvalue weighted by Crippen LogP contribution is -2.05. The van der Waals surface area contributed by atoms with Crippen molar-refractivity contribution in [3.05, 3.63) is 59.4 Å². The van der Waals surface area contributed by atoms with Crippen LogP contribution in [-0.4, -0.2) is 19.5 Å². The fourth-order valence-corrected chi connectivity index (χ4v) is 1.91. The Labute approximate surface area is 117 Å². The number of halogens is 1. The second-order valence-corrected chi connectivity index (χ2v) is 4.13. The van der Waals surface area contributed by atoms with E-state index in [1.807, 2.05) is 6.92 Å². The molecule has 0 spiro atoms. The van der Waals surface area contributed by atoms with E-state index >= 15 is 0 Å². The molecular formula is C16H15FO3. The average molecular weight is 274 g/mol. The Bertz CT molecular complexity index is 623. The molecule has 0 N–H and O–H groups in total. The van der Waals surface area contributed by atoms with Gasteiger partial charge in [0.2, 0.25) is 0 Å². The standard InChI is InChI=1S/C16H15FO3/c1-3-20-13-6-4-5-11(9-13)16(18)14-10-12(17)7-8-15(14)19-2/h4-10H,3H2,1-2H3. The topological polar surface area (TPSA) is 35.5 Å². The van der Waals surface area contributed by atoms with E-state index in [0.717, 1.165) is 0 Å². The lowest BCUT2D eigenvalue weighted by atomic mass is 10.0. The minimum Gasteiger partial charge on any atom is -0.496 e. The van der Waals surface area contributed by atoms with Gasteiger partial charge >= 0.3 is 0 Å². The van der Waals surface area contributed by atoms with Crippen molar-refractivity contribution in [2.75, 3.05) is 13.7 Å². The van der Waals surface area contributed by atoms with Crippen LogP contribution in [0.15, 0.2) is 42.5 Å². The van der Waals surface area contributed by atoms with Crippen LogP contribution in [0.1, 0.15) is 22.8 Å². The fourth-order valence-electron chi connectivity index (χ4n) is 1.91. The number of carbonyl (C=O) groups excluding carboxylic acids is 1. The summed E-state index contributed by atoms with van der Waals surface area (Å²) in [4.78, 5) is 12.4. The molecule has 3 nitrogen and oxygen atoms in total. The van der Waals surface area contributed by atoms with Gasteiger partial charge in [0, 0.05) is 5.56 Å². The first kappa shape index (κ1) is 14.1. The molecule has 0 fully saturated rings. The Morgan fingerprint density at radius 2 is 2.00 bits per heavy atom. The van der Waals surface area contributed by atoms with Gasteiger partial charge in [-0.05, 0) is 37.3 Å². The van der Waals surface area contributed by atoms with E-state index in [1.165, 1.54) is 25.3 Å². The van der Waals surface area contributed by atoms with E-state index in [1.54, 1.807) is 24.3 Å². The zero-order chi connectivity index (χ0) is 14.5. The first-order valence-electron chi connectivity index (χ1n) is 6.26. The van der Waals surface area contributed by atoms with Crippen molar-refractivity contribution in [1.82, 2.24) is 0 Å². The molecule has 0 aliphatic carbocycles. The van der Waals surface area contributed by atoms with Crippen LogP contribution in [0.25, 0.3) is 0 Å². The number of methoxy groups -OCH3 is 1. The van der Waals surface area contributed by atoms with Gasteiger partial charge in [-0.15, -0.1) is 0 Å². The molecule has 2 aromatic carbocycles. The van der Waals surface area contributed by atoms with Crippen LogP contribution in [0.2, 0.25) is 0 Å². The fraction of sp³-hybridized carbons (Fsp3) is 0.188. The Balaban J connectivity index is 2.40. The molecule has 2 aromatic rings. The molecule has 2 rings (SSSR count). The van der Waals surface area contributed by atoms with Crippen molar-refractivity contribution in [1.29, 1.82) is 0 Å². The van der Waals surface area contributed by atoms with E-state index in [2.05, 4.69) is 0 Å². The van der Waals surface area contributed by atoms with Gasteiger partial charge in [-0.3, -0.25) is 4.79 Å². The van der Waals surface area contributed by atoms with Gasteiger partial charge in [0.25, 0.3) is 0 Å². The Kier molecular flexibility index (Phi) is 4.35. The van der Waals surface area contributed by atoms with Crippen molar-refractivity contribution in [3.63, 3.8) is 0 Å². The molecule has 0 saturated carbocycles. The summed E-state index contributed by atoms with van der Waals surface area (Å²) in [5, 5.41) is 0. The highest BCUT2D eigenvalue weighted by atomic mass is 19.1. The molecule has 4 heteroatoms. The third-order valence-electron chi connectivity index (χ3n) is 2.81. The minimum atomic E-state index is -0.477. The molecule has 0 aromatic heterocycles. The first-order chi connectivity index (χ1) is 9.65. The summed E-state index contributed by atoms with van der Waals surface area (Å²) in [5.41, 5.74) is 0.626. The normalized spacial score (nSPS) is 10.2. The van der Waals surface area contributed by atoms with Gasteiger partial charge in [0.1, 0.15) is 17.3 Å². The van der Waals surface area contributed by atoms with E-state index < -0.39 is 5.82 Å². The number of carbonyl (C=O) groups is 1. The molecule has 0 aliphatic rings. The van der Waals surface area contributed by atoms with Gasteiger partial charge in [-0.25, -0.2) is 4.39 Å². The summed E-state index contributed by atoms with van der Waals surface area (Å²) in [6, 6.07) is 10.7. The summed E-state index contributed by atoms with van der Waals surface area (Å²) in [6.07, 6.45) is 0. The van der Waals surface area contributed by atoms with E-state index in [0.29, 0.717) is 23.7 Å². The zero-order valence-corrected chi connectivity index (χ0v) is 11.4. The van der Waals surface area contributed by atoms with Crippen LogP contribution in [0.5, 0.6) is 11.5 Å². The first-order valence-corrected chi connectivity index (χ1v) is 6.26. The van der Waals surface area contributed by atoms with Crippen LogP contribution in [-0.2, 0) is 0 Å². The average Bonchev–Trinajstić information content (AvgIpc) is 2.47. The SMILES string of the molecule is CCOc1cccc(C(=O)c2cc(F)ccc2OC)c1. The number of ketones is 1. The van der Waals surface area contributed by atoms with Crippen molar-refractivity contribution < 1.29 is 18.7 Å².